The lowest BCUT2D eigenvalue weighted by atomic mass is 9.97. The second-order valence-electron chi connectivity index (χ2n) is 5.80. The van der Waals surface area contributed by atoms with Gasteiger partial charge in [-0.3, -0.25) is 9.59 Å². The minimum absolute atomic E-state index is 0.00959. The summed E-state index contributed by atoms with van der Waals surface area (Å²) in [6, 6.07) is 7.13. The average Bonchev–Trinajstić information content (AvgIpc) is 2.40. The molecule has 1 aliphatic heterocycles. The second-order valence-corrected chi connectivity index (χ2v) is 5.80. The molecule has 1 fully saturated rings. The number of rotatable bonds is 3. The maximum atomic E-state index is 12.5. The summed E-state index contributed by atoms with van der Waals surface area (Å²) in [7, 11) is 0. The van der Waals surface area contributed by atoms with Gasteiger partial charge in [-0.2, -0.15) is 0 Å². The molecule has 2 amide bonds. The summed E-state index contributed by atoms with van der Waals surface area (Å²) < 4.78 is 0. The van der Waals surface area contributed by atoms with Gasteiger partial charge >= 0.3 is 0 Å². The molecule has 1 aliphatic rings. The normalized spacial score (nSPS) is 23.1. The van der Waals surface area contributed by atoms with Crippen LogP contribution < -0.4 is 5.32 Å². The Morgan fingerprint density at radius 3 is 2.50 bits per heavy atom. The van der Waals surface area contributed by atoms with Gasteiger partial charge in [0.05, 0.1) is 0 Å². The fourth-order valence-electron chi connectivity index (χ4n) is 2.48. The quantitative estimate of drug-likeness (QED) is 0.914. The highest BCUT2D eigenvalue weighted by molar-refractivity contribution is 5.96. The molecule has 4 heteroatoms. The van der Waals surface area contributed by atoms with Gasteiger partial charge in [-0.05, 0) is 30.9 Å². The minimum atomic E-state index is -0.419. The highest BCUT2D eigenvalue weighted by atomic mass is 16.2. The Labute approximate surface area is 120 Å². The van der Waals surface area contributed by atoms with E-state index in [-0.39, 0.29) is 17.7 Å². The zero-order valence-electron chi connectivity index (χ0n) is 12.5. The lowest BCUT2D eigenvalue weighted by Crippen LogP contribution is -2.63. The van der Waals surface area contributed by atoms with E-state index in [1.165, 1.54) is 0 Å². The minimum Gasteiger partial charge on any atom is -0.342 e. The van der Waals surface area contributed by atoms with Crippen LogP contribution in [-0.2, 0) is 16.1 Å². The molecule has 0 radical (unpaired) electrons. The molecular weight excluding hydrogens is 252 g/mol. The summed E-state index contributed by atoms with van der Waals surface area (Å²) in [5, 5.41) is 2.82. The summed E-state index contributed by atoms with van der Waals surface area (Å²) in [6.07, 6.45) is 0. The van der Waals surface area contributed by atoms with E-state index in [1.807, 2.05) is 45.0 Å². The van der Waals surface area contributed by atoms with E-state index in [0.29, 0.717) is 6.54 Å². The van der Waals surface area contributed by atoms with Gasteiger partial charge in [0.1, 0.15) is 12.1 Å². The summed E-state index contributed by atoms with van der Waals surface area (Å²) in [5.74, 6) is 0.0329. The van der Waals surface area contributed by atoms with Crippen LogP contribution in [0.15, 0.2) is 24.3 Å². The van der Waals surface area contributed by atoms with Crippen molar-refractivity contribution in [1.29, 1.82) is 0 Å². The number of aryl methyl sites for hydroxylation is 1. The van der Waals surface area contributed by atoms with Crippen molar-refractivity contribution in [2.75, 3.05) is 0 Å². The molecule has 4 nitrogen and oxygen atoms in total. The Balaban J connectivity index is 2.26. The first-order chi connectivity index (χ1) is 9.41. The maximum absolute atomic E-state index is 12.5. The van der Waals surface area contributed by atoms with Crippen LogP contribution in [0.1, 0.15) is 31.9 Å². The molecule has 0 bridgehead atoms. The zero-order valence-corrected chi connectivity index (χ0v) is 12.5. The molecule has 1 saturated heterocycles. The fourth-order valence-corrected chi connectivity index (χ4v) is 2.48. The van der Waals surface area contributed by atoms with Gasteiger partial charge in [-0.25, -0.2) is 0 Å². The molecule has 0 saturated carbocycles. The summed E-state index contributed by atoms with van der Waals surface area (Å²) >= 11 is 0. The predicted molar refractivity (Wildman–Crippen MR) is 78.0 cm³/mol. The van der Waals surface area contributed by atoms with Crippen LogP contribution in [0.25, 0.3) is 0 Å². The number of nitrogens with zero attached hydrogens (tertiary/aromatic N) is 1. The smallest absolute Gasteiger partial charge is 0.246 e. The summed E-state index contributed by atoms with van der Waals surface area (Å²) in [5.41, 5.74) is 2.23. The first kappa shape index (κ1) is 14.6. The fraction of sp³-hybridized carbons (Fsp3) is 0.500. The predicted octanol–water partition coefficient (Wildman–Crippen LogP) is 1.87. The van der Waals surface area contributed by atoms with Crippen molar-refractivity contribution in [2.45, 2.75) is 46.3 Å². The Hall–Kier alpha value is -1.84. The Morgan fingerprint density at radius 1 is 1.25 bits per heavy atom. The van der Waals surface area contributed by atoms with E-state index in [2.05, 4.69) is 5.32 Å². The summed E-state index contributed by atoms with van der Waals surface area (Å²) in [6.45, 7) is 8.19. The number of carbonyl (C=O) groups excluding carboxylic acids is 2. The lowest BCUT2D eigenvalue weighted by molar-refractivity contribution is -0.150. The second kappa shape index (κ2) is 5.65. The molecule has 2 rings (SSSR count). The Morgan fingerprint density at radius 2 is 1.90 bits per heavy atom. The van der Waals surface area contributed by atoms with E-state index >= 15 is 0 Å². The highest BCUT2D eigenvalue weighted by Gasteiger charge is 2.39. The molecule has 0 aromatic heterocycles. The molecule has 0 spiro atoms. The van der Waals surface area contributed by atoms with Crippen molar-refractivity contribution in [2.24, 2.45) is 5.92 Å². The van der Waals surface area contributed by atoms with Gasteiger partial charge in [0, 0.05) is 6.54 Å². The van der Waals surface area contributed by atoms with Crippen molar-refractivity contribution < 1.29 is 9.59 Å². The van der Waals surface area contributed by atoms with Crippen LogP contribution in [0.3, 0.4) is 0 Å². The molecular formula is C16H22N2O2. The molecule has 20 heavy (non-hydrogen) atoms. The molecule has 0 aliphatic carbocycles. The van der Waals surface area contributed by atoms with E-state index in [1.54, 1.807) is 11.8 Å². The molecule has 2 atom stereocenters. The van der Waals surface area contributed by atoms with Crippen molar-refractivity contribution in [3.63, 3.8) is 0 Å². The topological polar surface area (TPSA) is 49.4 Å². The molecule has 1 aromatic rings. The van der Waals surface area contributed by atoms with Gasteiger partial charge in [-0.1, -0.05) is 38.1 Å². The van der Waals surface area contributed by atoms with Crippen LogP contribution in [0.4, 0.5) is 0 Å². The van der Waals surface area contributed by atoms with Crippen LogP contribution in [0.5, 0.6) is 0 Å². The zero-order chi connectivity index (χ0) is 14.9. The number of benzene rings is 1. The Kier molecular flexibility index (Phi) is 4.12. The van der Waals surface area contributed by atoms with Crippen LogP contribution in [0, 0.1) is 12.8 Å². The average molecular weight is 274 g/mol. The molecule has 1 aromatic carbocycles. The highest BCUT2D eigenvalue weighted by Crippen LogP contribution is 2.19. The monoisotopic (exact) mass is 274 g/mol. The van der Waals surface area contributed by atoms with Crippen LogP contribution in [0.2, 0.25) is 0 Å². The SMILES string of the molecule is Cc1ccccc1CN1C(=O)C(C(C)C)NC(=O)C1C. The summed E-state index contributed by atoms with van der Waals surface area (Å²) in [4.78, 5) is 26.3. The largest absolute Gasteiger partial charge is 0.342 e. The third-order valence-electron chi connectivity index (χ3n) is 3.96. The van der Waals surface area contributed by atoms with Crippen molar-refractivity contribution in [3.8, 4) is 0 Å². The van der Waals surface area contributed by atoms with Crippen molar-refractivity contribution in [3.05, 3.63) is 35.4 Å². The third kappa shape index (κ3) is 2.69. The first-order valence-electron chi connectivity index (χ1n) is 7.07. The molecule has 2 unspecified atom stereocenters. The van der Waals surface area contributed by atoms with Crippen molar-refractivity contribution in [1.82, 2.24) is 10.2 Å². The number of amides is 2. The first-order valence-corrected chi connectivity index (χ1v) is 7.07. The van der Waals surface area contributed by atoms with Gasteiger partial charge in [-0.15, -0.1) is 0 Å². The van der Waals surface area contributed by atoms with E-state index in [9.17, 15) is 9.59 Å². The van der Waals surface area contributed by atoms with Gasteiger partial charge in [0.2, 0.25) is 11.8 Å². The van der Waals surface area contributed by atoms with E-state index in [0.717, 1.165) is 11.1 Å². The lowest BCUT2D eigenvalue weighted by Gasteiger charge is -2.39. The molecule has 1 N–H and O–H groups in total. The molecule has 108 valence electrons. The van der Waals surface area contributed by atoms with Crippen LogP contribution in [-0.4, -0.2) is 28.8 Å². The number of nitrogens with one attached hydrogen (secondary N) is 1. The third-order valence-corrected chi connectivity index (χ3v) is 3.96. The van der Waals surface area contributed by atoms with Gasteiger partial charge in [0.25, 0.3) is 0 Å². The van der Waals surface area contributed by atoms with Gasteiger partial charge in [0.15, 0.2) is 0 Å². The van der Waals surface area contributed by atoms with Gasteiger partial charge < -0.3 is 10.2 Å². The number of carbonyl (C=O) groups is 2. The Bertz CT molecular complexity index is 525. The number of hydrogen-bond donors (Lipinski definition) is 1. The van der Waals surface area contributed by atoms with Crippen molar-refractivity contribution >= 4 is 11.8 Å². The maximum Gasteiger partial charge on any atom is 0.246 e. The number of piperazine rings is 1. The standard InChI is InChI=1S/C16H22N2O2/c1-10(2)14-16(20)18(12(4)15(19)17-14)9-13-8-6-5-7-11(13)3/h5-8,10,12,14H,9H2,1-4H3,(H,17,19). The molecule has 1 heterocycles. The van der Waals surface area contributed by atoms with E-state index < -0.39 is 12.1 Å². The number of hydrogen-bond acceptors (Lipinski definition) is 2. The van der Waals surface area contributed by atoms with Crippen LogP contribution >= 0.6 is 0 Å². The van der Waals surface area contributed by atoms with E-state index in [4.69, 9.17) is 0 Å².